The summed E-state index contributed by atoms with van der Waals surface area (Å²) in [4.78, 5) is 25.7. The van der Waals surface area contributed by atoms with E-state index >= 15 is 0 Å². The summed E-state index contributed by atoms with van der Waals surface area (Å²) in [6.45, 7) is 3.67. The third-order valence-corrected chi connectivity index (χ3v) is 3.67. The zero-order chi connectivity index (χ0) is 14.9. The zero-order valence-electron chi connectivity index (χ0n) is 11.8. The lowest BCUT2D eigenvalue weighted by atomic mass is 9.92. The first kappa shape index (κ1) is 14.3. The molecule has 0 bridgehead atoms. The lowest BCUT2D eigenvalue weighted by Crippen LogP contribution is -2.44. The third kappa shape index (κ3) is 2.12. The number of nitrogens with two attached hydrogens (primary N) is 1. The lowest BCUT2D eigenvalue weighted by molar-refractivity contribution is -0.132. The number of nitrogens with zero attached hydrogens (tertiary/aromatic N) is 1. The highest BCUT2D eigenvalue weighted by molar-refractivity contribution is 6.07. The van der Waals surface area contributed by atoms with Crippen LogP contribution < -0.4 is 15.8 Å². The number of carbonyl (C=O) groups is 2. The number of nitrogens with one attached hydrogen (secondary N) is 1. The smallest absolute Gasteiger partial charge is 0.325 e. The minimum atomic E-state index is -1.06. The number of carbonyl (C=O) groups excluding carboxylic acids is 2. The molecule has 1 aromatic carbocycles. The van der Waals surface area contributed by atoms with Gasteiger partial charge in [0.15, 0.2) is 0 Å². The Labute approximate surface area is 117 Å². The topological polar surface area (TPSA) is 84.7 Å². The number of rotatable bonds is 4. The fourth-order valence-electron chi connectivity index (χ4n) is 2.29. The van der Waals surface area contributed by atoms with Gasteiger partial charge in [-0.1, -0.05) is 12.1 Å². The molecule has 6 nitrogen and oxygen atoms in total. The fourth-order valence-corrected chi connectivity index (χ4v) is 2.29. The Morgan fingerprint density at radius 3 is 2.45 bits per heavy atom. The normalized spacial score (nSPS) is 23.7. The van der Waals surface area contributed by atoms with Crippen LogP contribution in [0.15, 0.2) is 24.3 Å². The highest BCUT2D eigenvalue weighted by atomic mass is 16.5. The van der Waals surface area contributed by atoms with Gasteiger partial charge in [0.1, 0.15) is 11.3 Å². The fraction of sp³-hybridized carbons (Fsp3) is 0.429. The van der Waals surface area contributed by atoms with Crippen molar-refractivity contribution in [1.29, 1.82) is 0 Å². The molecule has 108 valence electrons. The number of amides is 3. The third-order valence-electron chi connectivity index (χ3n) is 3.67. The van der Waals surface area contributed by atoms with Crippen LogP contribution in [0.2, 0.25) is 0 Å². The van der Waals surface area contributed by atoms with Crippen molar-refractivity contribution < 1.29 is 14.3 Å². The van der Waals surface area contributed by atoms with Crippen LogP contribution in [0.1, 0.15) is 19.4 Å². The van der Waals surface area contributed by atoms with Crippen LogP contribution in [0.5, 0.6) is 5.75 Å². The van der Waals surface area contributed by atoms with Crippen molar-refractivity contribution in [2.45, 2.75) is 25.4 Å². The minimum absolute atomic E-state index is 0.234. The predicted molar refractivity (Wildman–Crippen MR) is 74.2 cm³/mol. The largest absolute Gasteiger partial charge is 0.497 e. The Morgan fingerprint density at radius 1 is 1.35 bits per heavy atom. The molecule has 6 heteroatoms. The lowest BCUT2D eigenvalue weighted by Gasteiger charge is -2.24. The molecule has 3 N–H and O–H groups in total. The second kappa shape index (κ2) is 5.13. The van der Waals surface area contributed by atoms with Crippen LogP contribution in [-0.2, 0) is 10.3 Å². The van der Waals surface area contributed by atoms with Gasteiger partial charge in [0.2, 0.25) is 0 Å². The average molecular weight is 277 g/mol. The number of benzene rings is 1. The number of ether oxygens (including phenoxy) is 1. The van der Waals surface area contributed by atoms with Gasteiger partial charge in [-0.05, 0) is 31.5 Å². The summed E-state index contributed by atoms with van der Waals surface area (Å²) in [7, 11) is 1.57. The molecule has 1 heterocycles. The van der Waals surface area contributed by atoms with Gasteiger partial charge in [-0.3, -0.25) is 9.69 Å². The van der Waals surface area contributed by atoms with Crippen molar-refractivity contribution in [2.75, 3.05) is 13.7 Å². The molecule has 0 aromatic heterocycles. The molecule has 1 aliphatic heterocycles. The summed E-state index contributed by atoms with van der Waals surface area (Å²) in [5, 5.41) is 2.74. The Kier molecular flexibility index (Phi) is 3.67. The van der Waals surface area contributed by atoms with Gasteiger partial charge in [-0.15, -0.1) is 0 Å². The Bertz CT molecular complexity index is 529. The van der Waals surface area contributed by atoms with E-state index in [1.807, 2.05) is 0 Å². The Balaban J connectivity index is 2.35. The van der Waals surface area contributed by atoms with Crippen molar-refractivity contribution in [3.8, 4) is 5.75 Å². The number of methoxy groups -OCH3 is 1. The molecule has 1 fully saturated rings. The maximum absolute atomic E-state index is 12.5. The van der Waals surface area contributed by atoms with Crippen LogP contribution in [-0.4, -0.2) is 36.5 Å². The predicted octanol–water partition coefficient (Wildman–Crippen LogP) is 0.809. The van der Waals surface area contributed by atoms with E-state index in [1.165, 1.54) is 4.90 Å². The zero-order valence-corrected chi connectivity index (χ0v) is 11.8. The maximum atomic E-state index is 12.5. The second-order valence-corrected chi connectivity index (χ2v) is 5.04. The first-order valence-electron chi connectivity index (χ1n) is 6.44. The molecular formula is C14H19N3O3. The highest BCUT2D eigenvalue weighted by Gasteiger charge is 2.50. The highest BCUT2D eigenvalue weighted by Crippen LogP contribution is 2.30. The van der Waals surface area contributed by atoms with Gasteiger partial charge in [-0.25, -0.2) is 4.79 Å². The standard InChI is InChI=1S/C14H19N3O3/c1-9(8-15)17-12(18)14(2,16-13(17)19)10-4-6-11(20-3)7-5-10/h4-7,9H,8,15H2,1-3H3,(H,16,19). The Morgan fingerprint density at radius 2 is 1.95 bits per heavy atom. The number of hydrogen-bond donors (Lipinski definition) is 2. The van der Waals surface area contributed by atoms with Gasteiger partial charge in [0.05, 0.1) is 13.2 Å². The summed E-state index contributed by atoms with van der Waals surface area (Å²) in [6, 6.07) is 6.32. The van der Waals surface area contributed by atoms with Crippen LogP contribution in [0.4, 0.5) is 4.79 Å². The van der Waals surface area contributed by atoms with E-state index in [0.717, 1.165) is 0 Å². The van der Waals surface area contributed by atoms with E-state index in [1.54, 1.807) is 45.2 Å². The van der Waals surface area contributed by atoms with E-state index < -0.39 is 11.6 Å². The molecule has 0 aliphatic carbocycles. The van der Waals surface area contributed by atoms with Crippen molar-refractivity contribution in [3.63, 3.8) is 0 Å². The second-order valence-electron chi connectivity index (χ2n) is 5.04. The van der Waals surface area contributed by atoms with Crippen LogP contribution in [0.3, 0.4) is 0 Å². The quantitative estimate of drug-likeness (QED) is 0.798. The Hall–Kier alpha value is -2.08. The summed E-state index contributed by atoms with van der Waals surface area (Å²) >= 11 is 0. The molecule has 3 amide bonds. The van der Waals surface area contributed by atoms with Gasteiger partial charge < -0.3 is 15.8 Å². The van der Waals surface area contributed by atoms with E-state index in [-0.39, 0.29) is 18.5 Å². The molecule has 0 spiro atoms. The number of imide groups is 1. The molecular weight excluding hydrogens is 258 g/mol. The monoisotopic (exact) mass is 277 g/mol. The van der Waals surface area contributed by atoms with Gasteiger partial charge in [0.25, 0.3) is 5.91 Å². The SMILES string of the molecule is COc1ccc(C2(C)NC(=O)N(C(C)CN)C2=O)cc1. The number of urea groups is 1. The molecule has 2 atom stereocenters. The van der Waals surface area contributed by atoms with Gasteiger partial charge >= 0.3 is 6.03 Å². The van der Waals surface area contributed by atoms with E-state index in [2.05, 4.69) is 5.32 Å². The molecule has 2 unspecified atom stereocenters. The minimum Gasteiger partial charge on any atom is -0.497 e. The van der Waals surface area contributed by atoms with Crippen LogP contribution >= 0.6 is 0 Å². The van der Waals surface area contributed by atoms with Crippen molar-refractivity contribution >= 4 is 11.9 Å². The number of hydrogen-bond acceptors (Lipinski definition) is 4. The maximum Gasteiger partial charge on any atom is 0.325 e. The molecule has 0 radical (unpaired) electrons. The molecule has 1 aromatic rings. The van der Waals surface area contributed by atoms with E-state index in [9.17, 15) is 9.59 Å². The molecule has 2 rings (SSSR count). The molecule has 0 saturated carbocycles. The first-order valence-corrected chi connectivity index (χ1v) is 6.44. The summed E-state index contributed by atoms with van der Waals surface area (Å²) in [5.74, 6) is 0.409. The summed E-state index contributed by atoms with van der Waals surface area (Å²) in [6.07, 6.45) is 0. The van der Waals surface area contributed by atoms with Crippen molar-refractivity contribution in [2.24, 2.45) is 5.73 Å². The summed E-state index contributed by atoms with van der Waals surface area (Å²) in [5.41, 5.74) is 5.20. The van der Waals surface area contributed by atoms with Crippen LogP contribution in [0.25, 0.3) is 0 Å². The average Bonchev–Trinajstić information content (AvgIpc) is 2.69. The first-order chi connectivity index (χ1) is 9.43. The molecule has 1 aliphatic rings. The van der Waals surface area contributed by atoms with Crippen molar-refractivity contribution in [1.82, 2.24) is 10.2 Å². The van der Waals surface area contributed by atoms with Crippen LogP contribution in [0, 0.1) is 0 Å². The van der Waals surface area contributed by atoms with Gasteiger partial charge in [-0.2, -0.15) is 0 Å². The van der Waals surface area contributed by atoms with Gasteiger partial charge in [0, 0.05) is 6.54 Å². The van der Waals surface area contributed by atoms with Crippen molar-refractivity contribution in [3.05, 3.63) is 29.8 Å². The molecule has 20 heavy (non-hydrogen) atoms. The summed E-state index contributed by atoms with van der Waals surface area (Å²) < 4.78 is 5.09. The molecule has 1 saturated heterocycles. The van der Waals surface area contributed by atoms with E-state index in [4.69, 9.17) is 10.5 Å². The van der Waals surface area contributed by atoms with E-state index in [0.29, 0.717) is 11.3 Å².